The van der Waals surface area contributed by atoms with Gasteiger partial charge in [-0.25, -0.2) is 4.98 Å². The highest BCUT2D eigenvalue weighted by molar-refractivity contribution is 6.35. The van der Waals surface area contributed by atoms with Crippen LogP contribution in [0.1, 0.15) is 22.3 Å². The summed E-state index contributed by atoms with van der Waals surface area (Å²) in [7, 11) is 0. The number of para-hydroxylation sites is 2. The summed E-state index contributed by atoms with van der Waals surface area (Å²) >= 11 is 0. The topological polar surface area (TPSA) is 45.0 Å². The van der Waals surface area contributed by atoms with Gasteiger partial charge in [0.1, 0.15) is 0 Å². The second-order valence-electron chi connectivity index (χ2n) is 35.9. The molecule has 0 atom stereocenters. The number of nitrogens with zero attached hydrogens (tertiary/aromatic N) is 6. The molecule has 0 N–H and O–H groups in total. The van der Waals surface area contributed by atoms with E-state index < -0.39 is 0 Å². The minimum absolute atomic E-state index is 0.386. The Morgan fingerprint density at radius 2 is 0.564 bits per heavy atom. The summed E-state index contributed by atoms with van der Waals surface area (Å²) in [5.74, 6) is 0. The molecule has 0 fully saturated rings. The first kappa shape index (κ1) is 73.5. The van der Waals surface area contributed by atoms with E-state index in [2.05, 4.69) is 461 Å². The van der Waals surface area contributed by atoms with E-state index in [1.165, 1.54) is 225 Å². The number of benzene rings is 20. The van der Waals surface area contributed by atoms with Gasteiger partial charge in [0, 0.05) is 94.0 Å². The number of hydrogen-bond donors (Lipinski definition) is 0. The summed E-state index contributed by atoms with van der Waals surface area (Å²) in [5.41, 5.74) is 44.0. The minimum Gasteiger partial charge on any atom is -0.309 e. The SMILES string of the molecule is c1ccc(-c2ccc(-c3cccc(-n4c5cccc6c5c5c7c(cccc7ccc54)-c4ccccc4-6)c3)nc2)cc1.c1ccc(-c2cccc(-c3ccc(-n4c5cccc6c5c5c7c(cccc7ccc54)-c4ccccc4-6)cc3)n2)cc1.c1ccc2c(c1)-c1ccccc1C21c2ccccc2-c2ccc(-n3c4cccc5c6ccccc6n6c7ccccc7c7ccc3c(c54)c76)cc21. The van der Waals surface area contributed by atoms with E-state index in [0.29, 0.717) is 0 Å². The van der Waals surface area contributed by atoms with E-state index >= 15 is 0 Å². The zero-order valence-electron chi connectivity index (χ0n) is 72.1. The van der Waals surface area contributed by atoms with Crippen molar-refractivity contribution in [3.63, 3.8) is 0 Å². The fourth-order valence-corrected chi connectivity index (χ4v) is 24.0. The van der Waals surface area contributed by atoms with Crippen LogP contribution in [0.2, 0.25) is 0 Å². The highest BCUT2D eigenvalue weighted by Gasteiger charge is 2.52. The largest absolute Gasteiger partial charge is 0.309 e. The molecule has 0 unspecified atom stereocenters. The maximum atomic E-state index is 4.98. The zero-order chi connectivity index (χ0) is 86.8. The zero-order valence-corrected chi connectivity index (χ0v) is 72.1. The van der Waals surface area contributed by atoms with Crippen LogP contribution in [0.25, 0.3) is 254 Å². The Bertz CT molecular complexity index is 9580. The lowest BCUT2D eigenvalue weighted by Gasteiger charge is -2.30. The lowest BCUT2D eigenvalue weighted by Crippen LogP contribution is -2.26. The number of fused-ring (bicyclic) bond motifs is 22. The van der Waals surface area contributed by atoms with Gasteiger partial charge in [-0.05, 0) is 225 Å². The molecule has 614 valence electrons. The highest BCUT2D eigenvalue weighted by atomic mass is 15.0. The lowest BCUT2D eigenvalue weighted by molar-refractivity contribution is 0.792. The van der Waals surface area contributed by atoms with Crippen molar-refractivity contribution in [2.75, 3.05) is 0 Å². The summed E-state index contributed by atoms with van der Waals surface area (Å²) in [6, 6.07) is 167. The first-order valence-electron chi connectivity index (χ1n) is 46.0. The lowest BCUT2D eigenvalue weighted by atomic mass is 9.70. The highest BCUT2D eigenvalue weighted by Crippen LogP contribution is 2.64. The molecule has 0 amide bonds. The molecule has 133 heavy (non-hydrogen) atoms. The van der Waals surface area contributed by atoms with Crippen molar-refractivity contribution in [2.45, 2.75) is 5.41 Å². The molecule has 4 aliphatic carbocycles. The molecule has 0 bridgehead atoms. The average molecular weight is 1690 g/mol. The first-order chi connectivity index (χ1) is 66.0. The molecule has 7 aromatic heterocycles. The Morgan fingerprint density at radius 1 is 0.180 bits per heavy atom. The van der Waals surface area contributed by atoms with Crippen molar-refractivity contribution in [3.8, 4) is 129 Å². The van der Waals surface area contributed by atoms with Crippen LogP contribution in [-0.4, -0.2) is 28.1 Å². The van der Waals surface area contributed by atoms with Gasteiger partial charge in [-0.15, -0.1) is 0 Å². The third-order valence-electron chi connectivity index (χ3n) is 29.4. The van der Waals surface area contributed by atoms with Gasteiger partial charge in [0.05, 0.1) is 72.1 Å². The maximum Gasteiger partial charge on any atom is 0.0726 e. The predicted molar refractivity (Wildman–Crippen MR) is 555 cm³/mol. The molecule has 27 aromatic rings. The fourth-order valence-electron chi connectivity index (χ4n) is 24.0. The fraction of sp³-hybridized carbons (Fsp3) is 0.00787. The van der Waals surface area contributed by atoms with Gasteiger partial charge in [0.25, 0.3) is 0 Å². The van der Waals surface area contributed by atoms with Gasteiger partial charge in [-0.3, -0.25) is 4.98 Å². The molecule has 4 aliphatic rings. The number of pyridine rings is 2. The number of hydrogen-bond acceptors (Lipinski definition) is 2. The second kappa shape index (κ2) is 28.2. The molecule has 20 aromatic carbocycles. The molecule has 0 aliphatic heterocycles. The quantitative estimate of drug-likeness (QED) is 0.160. The summed E-state index contributed by atoms with van der Waals surface area (Å²) in [6.07, 6.45) is 1.97. The summed E-state index contributed by atoms with van der Waals surface area (Å²) in [6.45, 7) is 0. The van der Waals surface area contributed by atoms with Crippen LogP contribution in [0.4, 0.5) is 0 Å². The molecule has 0 saturated carbocycles. The minimum atomic E-state index is -0.386. The van der Waals surface area contributed by atoms with E-state index in [9.17, 15) is 0 Å². The molecule has 1 spiro atoms. The van der Waals surface area contributed by atoms with Gasteiger partial charge in [0.2, 0.25) is 0 Å². The number of rotatable bonds is 7. The molecule has 31 rings (SSSR count). The third-order valence-corrected chi connectivity index (χ3v) is 29.4. The Kier molecular flexibility index (Phi) is 15.6. The molecule has 7 heterocycles. The van der Waals surface area contributed by atoms with Crippen LogP contribution >= 0.6 is 0 Å². The van der Waals surface area contributed by atoms with Crippen LogP contribution in [0.15, 0.2) is 461 Å². The van der Waals surface area contributed by atoms with E-state index in [4.69, 9.17) is 9.97 Å². The Balaban J connectivity index is 0.0000000984. The van der Waals surface area contributed by atoms with Gasteiger partial charge >= 0.3 is 0 Å². The maximum absolute atomic E-state index is 4.98. The van der Waals surface area contributed by atoms with Gasteiger partial charge < -0.3 is 18.1 Å². The molecule has 6 heteroatoms. The number of aromatic nitrogens is 6. The van der Waals surface area contributed by atoms with E-state index in [0.717, 1.165) is 50.7 Å². The summed E-state index contributed by atoms with van der Waals surface area (Å²) < 4.78 is 9.91. The summed E-state index contributed by atoms with van der Waals surface area (Å²) in [5, 5.41) is 18.3. The van der Waals surface area contributed by atoms with Crippen molar-refractivity contribution in [2.24, 2.45) is 0 Å². The van der Waals surface area contributed by atoms with E-state index in [1.54, 1.807) is 0 Å². The van der Waals surface area contributed by atoms with Crippen LogP contribution in [0.5, 0.6) is 0 Å². The molecule has 0 saturated heterocycles. The van der Waals surface area contributed by atoms with E-state index in [1.807, 2.05) is 18.3 Å². The van der Waals surface area contributed by atoms with Crippen LogP contribution in [-0.2, 0) is 5.41 Å². The van der Waals surface area contributed by atoms with Crippen LogP contribution in [0, 0.1) is 0 Å². The second-order valence-corrected chi connectivity index (χ2v) is 35.9. The normalized spacial score (nSPS) is 12.7. The van der Waals surface area contributed by atoms with Gasteiger partial charge in [-0.1, -0.05) is 352 Å². The van der Waals surface area contributed by atoms with Crippen molar-refractivity contribution in [1.82, 2.24) is 28.1 Å². The Morgan fingerprint density at radius 3 is 1.13 bits per heavy atom. The standard InChI is InChI=1S/C49H28N2.2C39H24N2/c1-6-18-38-30(12-1)31-13-2-7-19-39(31)49(38)40-20-8-3-14-32(40)33-25-24-29(28-41(33)49)50-44-23-11-17-36-34-15-4-9-21-42(34)51-43-22-10-5-16-35(43)37-26-27-45(50)47(46(36)44)48(37)51;1-2-9-25(10-3-1)28-19-21-34(40-24-28)27-12-6-13-29(23-27)41-35-18-8-17-33-31-15-5-4-14-30(31)32-16-7-11-26-20-22-36(41)39(37(26)32)38(33)35;1-2-9-25(10-3-1)33-16-8-17-34(40-33)26-19-22-28(23-20-26)41-35-18-7-15-32-30-13-5-4-12-29(30)31-14-6-11-27-21-24-36(41)39(37(27)31)38(32)35/h1-28H;2*1-24H. The Hall–Kier alpha value is -17.6. The molecule has 6 nitrogen and oxygen atoms in total. The average Bonchev–Trinajstić information content (AvgIpc) is 1.52. The third kappa shape index (κ3) is 10.4. The van der Waals surface area contributed by atoms with Crippen molar-refractivity contribution in [3.05, 3.63) is 483 Å². The summed E-state index contributed by atoms with van der Waals surface area (Å²) in [4.78, 5) is 9.85. The van der Waals surface area contributed by atoms with Crippen molar-refractivity contribution >= 4 is 125 Å². The monoisotopic (exact) mass is 1680 g/mol. The van der Waals surface area contributed by atoms with Crippen LogP contribution in [0.3, 0.4) is 0 Å². The van der Waals surface area contributed by atoms with Gasteiger partial charge in [-0.2, -0.15) is 0 Å². The molecular formula is C127H76N6. The van der Waals surface area contributed by atoms with Crippen molar-refractivity contribution < 1.29 is 0 Å². The first-order valence-corrected chi connectivity index (χ1v) is 46.0. The van der Waals surface area contributed by atoms with Gasteiger partial charge in [0.15, 0.2) is 0 Å². The van der Waals surface area contributed by atoms with Crippen molar-refractivity contribution in [1.29, 1.82) is 0 Å². The molecular weight excluding hydrogens is 1610 g/mol. The van der Waals surface area contributed by atoms with E-state index in [-0.39, 0.29) is 5.41 Å². The molecule has 0 radical (unpaired) electrons. The predicted octanol–water partition coefficient (Wildman–Crippen LogP) is 32.9. The Labute approximate surface area is 765 Å². The van der Waals surface area contributed by atoms with Crippen LogP contribution < -0.4 is 0 Å². The smallest absolute Gasteiger partial charge is 0.0726 e.